The largest absolute Gasteiger partial charge is 0.392 e. The molecule has 0 aromatic carbocycles. The van der Waals surface area contributed by atoms with Crippen LogP contribution in [-0.4, -0.2) is 49.7 Å². The van der Waals surface area contributed by atoms with Crippen molar-refractivity contribution in [3.8, 4) is 0 Å². The van der Waals surface area contributed by atoms with E-state index in [2.05, 4.69) is 19.9 Å². The second-order valence-corrected chi connectivity index (χ2v) is 11.3. The van der Waals surface area contributed by atoms with E-state index in [1.54, 1.807) is 0 Å². The van der Waals surface area contributed by atoms with Crippen LogP contribution in [0.25, 0.3) is 0 Å². The first kappa shape index (κ1) is 20.2. The maximum absolute atomic E-state index is 9.81. The Balaban J connectivity index is 1.44. The molecule has 168 valence electrons. The minimum absolute atomic E-state index is 0.100. The van der Waals surface area contributed by atoms with Crippen molar-refractivity contribution in [2.75, 3.05) is 33.0 Å². The van der Waals surface area contributed by atoms with Crippen molar-refractivity contribution in [1.29, 1.82) is 0 Å². The van der Waals surface area contributed by atoms with Gasteiger partial charge in [-0.25, -0.2) is 0 Å². The molecule has 0 spiro atoms. The summed E-state index contributed by atoms with van der Waals surface area (Å²) in [7, 11) is 0. The molecule has 1 N–H and O–H groups in total. The van der Waals surface area contributed by atoms with Crippen molar-refractivity contribution in [3.05, 3.63) is 11.6 Å². The summed E-state index contributed by atoms with van der Waals surface area (Å²) < 4.78 is 25.8. The fourth-order valence-corrected chi connectivity index (χ4v) is 9.25. The van der Waals surface area contributed by atoms with E-state index in [1.807, 2.05) is 0 Å². The van der Waals surface area contributed by atoms with Crippen LogP contribution in [0.3, 0.4) is 0 Å². The van der Waals surface area contributed by atoms with E-state index in [0.29, 0.717) is 49.6 Å². The van der Waals surface area contributed by atoms with Gasteiger partial charge in [0.15, 0.2) is 0 Å². The molecule has 4 aliphatic carbocycles. The highest BCUT2D eigenvalue weighted by atomic mass is 16.8. The molecule has 2 heterocycles. The van der Waals surface area contributed by atoms with Crippen LogP contribution in [0, 0.1) is 34.5 Å². The molecule has 6 atom stereocenters. The second-order valence-electron chi connectivity index (χ2n) is 11.3. The minimum Gasteiger partial charge on any atom is -0.392 e. The molecular formula is C25H38O5. The van der Waals surface area contributed by atoms with Crippen LogP contribution >= 0.6 is 0 Å². The summed E-state index contributed by atoms with van der Waals surface area (Å²) >= 11 is 0. The monoisotopic (exact) mass is 418 g/mol. The Kier molecular flexibility index (Phi) is 4.55. The van der Waals surface area contributed by atoms with E-state index >= 15 is 0 Å². The van der Waals surface area contributed by atoms with Gasteiger partial charge in [0.2, 0.25) is 11.6 Å². The lowest BCUT2D eigenvalue weighted by atomic mass is 9.44. The van der Waals surface area contributed by atoms with Gasteiger partial charge in [-0.1, -0.05) is 38.3 Å². The Morgan fingerprint density at radius 2 is 1.67 bits per heavy atom. The third-order valence-corrected chi connectivity index (χ3v) is 10.4. The van der Waals surface area contributed by atoms with Crippen LogP contribution < -0.4 is 0 Å². The first-order chi connectivity index (χ1) is 14.5. The molecule has 30 heavy (non-hydrogen) atoms. The number of rotatable bonds is 1. The van der Waals surface area contributed by atoms with Crippen LogP contribution in [-0.2, 0) is 18.9 Å². The Morgan fingerprint density at radius 3 is 2.40 bits per heavy atom. The Morgan fingerprint density at radius 1 is 0.933 bits per heavy atom. The zero-order valence-corrected chi connectivity index (χ0v) is 18.7. The van der Waals surface area contributed by atoms with Gasteiger partial charge in [0, 0.05) is 11.8 Å². The molecule has 0 amide bonds. The molecule has 2 saturated heterocycles. The molecule has 2 aliphatic heterocycles. The quantitative estimate of drug-likeness (QED) is 0.651. The molecule has 0 radical (unpaired) electrons. The topological polar surface area (TPSA) is 57.2 Å². The lowest BCUT2D eigenvalue weighted by Crippen LogP contribution is -2.69. The van der Waals surface area contributed by atoms with Crippen LogP contribution in [0.2, 0.25) is 0 Å². The maximum Gasteiger partial charge on any atom is 0.229 e. The molecule has 1 unspecified atom stereocenters. The zero-order chi connectivity index (χ0) is 20.6. The van der Waals surface area contributed by atoms with Gasteiger partial charge < -0.3 is 24.1 Å². The predicted molar refractivity (Wildman–Crippen MR) is 112 cm³/mol. The van der Waals surface area contributed by atoms with Gasteiger partial charge >= 0.3 is 0 Å². The highest BCUT2D eigenvalue weighted by Crippen LogP contribution is 2.73. The zero-order valence-electron chi connectivity index (χ0n) is 18.7. The molecule has 6 rings (SSSR count). The molecule has 6 fully saturated rings. The van der Waals surface area contributed by atoms with E-state index in [-0.39, 0.29) is 12.0 Å². The van der Waals surface area contributed by atoms with Crippen molar-refractivity contribution in [2.45, 2.75) is 76.8 Å². The second kappa shape index (κ2) is 6.77. The Bertz CT molecular complexity index is 721. The molecule has 0 aromatic rings. The molecule has 4 saturated carbocycles. The molecule has 5 heteroatoms. The van der Waals surface area contributed by atoms with Gasteiger partial charge in [-0.3, -0.25) is 0 Å². The van der Waals surface area contributed by atoms with Gasteiger partial charge in [0.25, 0.3) is 0 Å². The number of aliphatic hydroxyl groups excluding tert-OH is 1. The summed E-state index contributed by atoms with van der Waals surface area (Å²) in [5.74, 6) is 0.894. The lowest BCUT2D eigenvalue weighted by Gasteiger charge is -2.62. The van der Waals surface area contributed by atoms with Crippen LogP contribution in [0.4, 0.5) is 0 Å². The molecule has 0 aromatic heterocycles. The number of hydrogen-bond acceptors (Lipinski definition) is 5. The molecular weight excluding hydrogens is 380 g/mol. The lowest BCUT2D eigenvalue weighted by molar-refractivity contribution is -0.474. The van der Waals surface area contributed by atoms with E-state index in [0.717, 1.165) is 25.2 Å². The predicted octanol–water partition coefficient (Wildman–Crippen LogP) is 4.04. The summed E-state index contributed by atoms with van der Waals surface area (Å²) in [6.45, 7) is 7.44. The number of fused-ring (bicyclic) bond motifs is 5. The summed E-state index contributed by atoms with van der Waals surface area (Å²) in [6.07, 6.45) is 11.8. The normalized spacial score (nSPS) is 56.4. The Hall–Kier alpha value is -0.460. The third kappa shape index (κ3) is 2.31. The van der Waals surface area contributed by atoms with E-state index in [9.17, 15) is 5.11 Å². The highest BCUT2D eigenvalue weighted by molar-refractivity contribution is 5.25. The van der Waals surface area contributed by atoms with Gasteiger partial charge in [-0.15, -0.1) is 0 Å². The van der Waals surface area contributed by atoms with E-state index in [1.165, 1.54) is 37.7 Å². The summed E-state index contributed by atoms with van der Waals surface area (Å²) in [5, 5.41) is 9.81. The fraction of sp³-hybridized carbons (Fsp3) is 0.920. The van der Waals surface area contributed by atoms with Gasteiger partial charge in [0.1, 0.15) is 0 Å². The minimum atomic E-state index is -0.767. The van der Waals surface area contributed by atoms with Crippen LogP contribution in [0.5, 0.6) is 0 Å². The fourth-order valence-electron chi connectivity index (χ4n) is 9.25. The highest BCUT2D eigenvalue weighted by Gasteiger charge is 2.79. The van der Waals surface area contributed by atoms with Gasteiger partial charge in [-0.05, 0) is 61.2 Å². The number of hydrogen-bond donors (Lipinski definition) is 1. The van der Waals surface area contributed by atoms with Crippen molar-refractivity contribution in [2.24, 2.45) is 34.5 Å². The summed E-state index contributed by atoms with van der Waals surface area (Å²) in [5.41, 5.74) is 1.76. The first-order valence-electron chi connectivity index (χ1n) is 12.4. The standard InChI is InChI=1S/C25H38O5/c1-22-8-4-3-5-19(22)17(7-10-26)15-18-20(22)6-9-23(2)21(18)16-24-25(23,29-13-11-27-24)30-14-12-28-24/h7,18-21,26H,3-6,8-16H2,1-2H3/b17-7+/t18-,19?,20+,21+,22+,23+,24?,25?/m1/s1. The molecule has 6 aliphatic rings. The Labute approximate surface area is 180 Å². The van der Waals surface area contributed by atoms with Gasteiger partial charge in [-0.2, -0.15) is 0 Å². The average Bonchev–Trinajstić information content (AvgIpc) is 3.00. The smallest absolute Gasteiger partial charge is 0.229 e. The van der Waals surface area contributed by atoms with Crippen LogP contribution in [0.15, 0.2) is 11.6 Å². The summed E-state index contributed by atoms with van der Waals surface area (Å²) in [4.78, 5) is 0. The van der Waals surface area contributed by atoms with Crippen LogP contribution in [0.1, 0.15) is 65.2 Å². The maximum atomic E-state index is 9.81. The molecule has 5 nitrogen and oxygen atoms in total. The van der Waals surface area contributed by atoms with Crippen molar-refractivity contribution in [1.82, 2.24) is 0 Å². The first-order valence-corrected chi connectivity index (χ1v) is 12.4. The number of aliphatic hydroxyl groups is 1. The average molecular weight is 419 g/mol. The SMILES string of the molecule is C[C@]12CCCCC1/C(=C/CO)C[C@@H]1[C@@H]2CC[C@@]2(C)[C@H]1CC13OCCOC12OCCO3. The van der Waals surface area contributed by atoms with Crippen molar-refractivity contribution < 1.29 is 24.1 Å². The van der Waals surface area contributed by atoms with E-state index in [4.69, 9.17) is 18.9 Å². The van der Waals surface area contributed by atoms with Crippen molar-refractivity contribution in [3.63, 3.8) is 0 Å². The number of allylic oxidation sites excluding steroid dienone is 1. The van der Waals surface area contributed by atoms with E-state index < -0.39 is 11.6 Å². The number of ether oxygens (including phenoxy) is 4. The summed E-state index contributed by atoms with van der Waals surface area (Å²) in [6, 6.07) is 0. The third-order valence-electron chi connectivity index (χ3n) is 10.4. The molecule has 0 bridgehead atoms. The van der Waals surface area contributed by atoms with Gasteiger partial charge in [0.05, 0.1) is 33.0 Å². The van der Waals surface area contributed by atoms with Crippen molar-refractivity contribution >= 4 is 0 Å².